The number of pyridine rings is 1. The van der Waals surface area contributed by atoms with Crippen molar-refractivity contribution in [2.24, 2.45) is 5.73 Å². The minimum absolute atomic E-state index is 0.389. The summed E-state index contributed by atoms with van der Waals surface area (Å²) in [7, 11) is 0. The van der Waals surface area contributed by atoms with E-state index < -0.39 is 0 Å². The Morgan fingerprint density at radius 1 is 1.12 bits per heavy atom. The fraction of sp³-hybridized carbons (Fsp3) is 0.0833. The summed E-state index contributed by atoms with van der Waals surface area (Å²) in [4.78, 5) is 4.22. The van der Waals surface area contributed by atoms with Crippen LogP contribution < -0.4 is 5.73 Å². The molecule has 0 unspecified atom stereocenters. The summed E-state index contributed by atoms with van der Waals surface area (Å²) in [6.45, 7) is 0.389. The SMILES string of the molecule is NCc1ncccc1-c1cc(Cl)cc(Cl)c1. The van der Waals surface area contributed by atoms with Gasteiger partial charge in [-0.15, -0.1) is 0 Å². The van der Waals surface area contributed by atoms with E-state index in [0.29, 0.717) is 16.6 Å². The average molecular weight is 253 g/mol. The van der Waals surface area contributed by atoms with Crippen molar-refractivity contribution in [1.82, 2.24) is 4.98 Å². The zero-order valence-electron chi connectivity index (χ0n) is 8.45. The summed E-state index contributed by atoms with van der Waals surface area (Å²) in [5.74, 6) is 0. The summed E-state index contributed by atoms with van der Waals surface area (Å²) >= 11 is 11.9. The first kappa shape index (κ1) is 11.4. The smallest absolute Gasteiger partial charge is 0.0617 e. The lowest BCUT2D eigenvalue weighted by Crippen LogP contribution is -2.01. The van der Waals surface area contributed by atoms with E-state index in [4.69, 9.17) is 28.9 Å². The van der Waals surface area contributed by atoms with Gasteiger partial charge in [-0.25, -0.2) is 0 Å². The first-order valence-corrected chi connectivity index (χ1v) is 5.56. The molecule has 0 aliphatic rings. The fourth-order valence-electron chi connectivity index (χ4n) is 1.57. The van der Waals surface area contributed by atoms with Crippen LogP contribution in [-0.2, 0) is 6.54 Å². The lowest BCUT2D eigenvalue weighted by Gasteiger charge is -2.07. The maximum Gasteiger partial charge on any atom is 0.0617 e. The summed E-state index contributed by atoms with van der Waals surface area (Å²) in [6.07, 6.45) is 1.72. The molecule has 82 valence electrons. The van der Waals surface area contributed by atoms with Gasteiger partial charge < -0.3 is 5.73 Å². The van der Waals surface area contributed by atoms with E-state index in [1.807, 2.05) is 24.3 Å². The van der Waals surface area contributed by atoms with E-state index in [1.54, 1.807) is 12.3 Å². The highest BCUT2D eigenvalue weighted by Crippen LogP contribution is 2.28. The standard InChI is InChI=1S/C12H10Cl2N2/c13-9-4-8(5-10(14)6-9)11-2-1-3-16-12(11)7-15/h1-6H,7,15H2. The number of halogens is 2. The minimum atomic E-state index is 0.389. The van der Waals surface area contributed by atoms with Gasteiger partial charge in [0.15, 0.2) is 0 Å². The highest BCUT2D eigenvalue weighted by Gasteiger charge is 2.06. The quantitative estimate of drug-likeness (QED) is 0.889. The first-order valence-electron chi connectivity index (χ1n) is 4.81. The highest BCUT2D eigenvalue weighted by atomic mass is 35.5. The normalized spacial score (nSPS) is 10.4. The molecule has 2 rings (SSSR count). The monoisotopic (exact) mass is 252 g/mol. The molecule has 2 aromatic rings. The van der Waals surface area contributed by atoms with Crippen molar-refractivity contribution in [3.63, 3.8) is 0 Å². The molecule has 0 saturated heterocycles. The van der Waals surface area contributed by atoms with Gasteiger partial charge in [-0.3, -0.25) is 4.98 Å². The Hall–Kier alpha value is -1.09. The van der Waals surface area contributed by atoms with E-state index in [2.05, 4.69) is 4.98 Å². The number of aromatic nitrogens is 1. The molecule has 1 aromatic heterocycles. The number of hydrogen-bond donors (Lipinski definition) is 1. The lowest BCUT2D eigenvalue weighted by molar-refractivity contribution is 0.994. The van der Waals surface area contributed by atoms with Crippen LogP contribution in [0.3, 0.4) is 0 Å². The van der Waals surface area contributed by atoms with Gasteiger partial charge in [0.2, 0.25) is 0 Å². The zero-order valence-corrected chi connectivity index (χ0v) is 9.96. The Balaban J connectivity index is 2.58. The number of hydrogen-bond acceptors (Lipinski definition) is 2. The van der Waals surface area contributed by atoms with Crippen molar-refractivity contribution in [1.29, 1.82) is 0 Å². The maximum atomic E-state index is 5.96. The molecule has 2 nitrogen and oxygen atoms in total. The first-order chi connectivity index (χ1) is 7.70. The largest absolute Gasteiger partial charge is 0.325 e. The minimum Gasteiger partial charge on any atom is -0.325 e. The second kappa shape index (κ2) is 4.83. The van der Waals surface area contributed by atoms with E-state index in [0.717, 1.165) is 16.8 Å². The van der Waals surface area contributed by atoms with Gasteiger partial charge in [0.1, 0.15) is 0 Å². The Morgan fingerprint density at radius 2 is 1.81 bits per heavy atom. The molecular formula is C12H10Cl2N2. The molecule has 4 heteroatoms. The third-order valence-electron chi connectivity index (χ3n) is 2.26. The third-order valence-corrected chi connectivity index (χ3v) is 2.69. The Kier molecular flexibility index (Phi) is 3.44. The maximum absolute atomic E-state index is 5.96. The predicted octanol–water partition coefficient (Wildman–Crippen LogP) is 3.51. The van der Waals surface area contributed by atoms with Crippen LogP contribution in [0.2, 0.25) is 10.0 Å². The van der Waals surface area contributed by atoms with E-state index in [9.17, 15) is 0 Å². The molecule has 0 radical (unpaired) electrons. The number of rotatable bonds is 2. The van der Waals surface area contributed by atoms with E-state index in [-0.39, 0.29) is 0 Å². The molecule has 0 fully saturated rings. The van der Waals surface area contributed by atoms with Gasteiger partial charge in [-0.1, -0.05) is 29.3 Å². The molecule has 0 spiro atoms. The molecule has 0 aliphatic heterocycles. The topological polar surface area (TPSA) is 38.9 Å². The van der Waals surface area contributed by atoms with Crippen LogP contribution in [0.25, 0.3) is 11.1 Å². The van der Waals surface area contributed by atoms with Gasteiger partial charge in [-0.05, 0) is 29.8 Å². The summed E-state index contributed by atoms with van der Waals surface area (Å²) < 4.78 is 0. The van der Waals surface area contributed by atoms with Crippen molar-refractivity contribution in [2.75, 3.05) is 0 Å². The Bertz CT molecular complexity index is 492. The van der Waals surface area contributed by atoms with Crippen molar-refractivity contribution in [3.8, 4) is 11.1 Å². The average Bonchev–Trinajstić information content (AvgIpc) is 2.27. The van der Waals surface area contributed by atoms with Crippen molar-refractivity contribution in [3.05, 3.63) is 52.3 Å². The second-order valence-corrected chi connectivity index (χ2v) is 4.23. The zero-order chi connectivity index (χ0) is 11.5. The van der Waals surface area contributed by atoms with Crippen LogP contribution in [0, 0.1) is 0 Å². The van der Waals surface area contributed by atoms with Gasteiger partial charge >= 0.3 is 0 Å². The molecule has 16 heavy (non-hydrogen) atoms. The second-order valence-electron chi connectivity index (χ2n) is 3.36. The summed E-state index contributed by atoms with van der Waals surface area (Å²) in [5, 5.41) is 1.21. The molecule has 0 bridgehead atoms. The molecule has 2 N–H and O–H groups in total. The predicted molar refractivity (Wildman–Crippen MR) is 67.6 cm³/mol. The third kappa shape index (κ3) is 2.35. The van der Waals surface area contributed by atoms with Crippen LogP contribution in [-0.4, -0.2) is 4.98 Å². The van der Waals surface area contributed by atoms with Crippen molar-refractivity contribution in [2.45, 2.75) is 6.54 Å². The molecular weight excluding hydrogens is 243 g/mol. The highest BCUT2D eigenvalue weighted by molar-refractivity contribution is 6.35. The van der Waals surface area contributed by atoms with Crippen LogP contribution in [0.15, 0.2) is 36.5 Å². The van der Waals surface area contributed by atoms with Crippen molar-refractivity contribution < 1.29 is 0 Å². The summed E-state index contributed by atoms with van der Waals surface area (Å²) in [6, 6.07) is 9.22. The molecule has 0 amide bonds. The van der Waals surface area contributed by atoms with Gasteiger partial charge in [-0.2, -0.15) is 0 Å². The van der Waals surface area contributed by atoms with Crippen LogP contribution in [0.5, 0.6) is 0 Å². The molecule has 1 aromatic carbocycles. The van der Waals surface area contributed by atoms with Crippen LogP contribution in [0.1, 0.15) is 5.69 Å². The van der Waals surface area contributed by atoms with Gasteiger partial charge in [0, 0.05) is 28.4 Å². The number of benzene rings is 1. The molecule has 0 aliphatic carbocycles. The Labute approximate surface area is 104 Å². The number of nitrogens with zero attached hydrogens (tertiary/aromatic N) is 1. The van der Waals surface area contributed by atoms with Gasteiger partial charge in [0.05, 0.1) is 5.69 Å². The van der Waals surface area contributed by atoms with E-state index in [1.165, 1.54) is 0 Å². The summed E-state index contributed by atoms with van der Waals surface area (Å²) in [5.41, 5.74) is 8.37. The molecule has 0 saturated carbocycles. The fourth-order valence-corrected chi connectivity index (χ4v) is 2.10. The van der Waals surface area contributed by atoms with Crippen LogP contribution >= 0.6 is 23.2 Å². The van der Waals surface area contributed by atoms with Crippen molar-refractivity contribution >= 4 is 23.2 Å². The molecule has 0 atom stereocenters. The van der Waals surface area contributed by atoms with Gasteiger partial charge in [0.25, 0.3) is 0 Å². The Morgan fingerprint density at radius 3 is 2.44 bits per heavy atom. The lowest BCUT2D eigenvalue weighted by atomic mass is 10.0. The number of nitrogens with two attached hydrogens (primary N) is 1. The van der Waals surface area contributed by atoms with Crippen LogP contribution in [0.4, 0.5) is 0 Å². The van der Waals surface area contributed by atoms with E-state index >= 15 is 0 Å². The molecule has 1 heterocycles.